The van der Waals surface area contributed by atoms with Gasteiger partial charge in [0.1, 0.15) is 0 Å². The second-order valence-electron chi connectivity index (χ2n) is 15.0. The molecular weight excluding hydrogens is 468 g/mol. The first-order valence-corrected chi connectivity index (χ1v) is 18.3. The molecule has 2 nitrogen and oxygen atoms in total. The number of hydrogen-bond acceptors (Lipinski definition) is 2. The van der Waals surface area contributed by atoms with Gasteiger partial charge in [0.15, 0.2) is 8.32 Å². The van der Waals surface area contributed by atoms with Crippen molar-refractivity contribution in [2.75, 3.05) is 0 Å². The molecule has 4 saturated carbocycles. The van der Waals surface area contributed by atoms with Crippen LogP contribution in [0.2, 0.25) is 18.1 Å². The Morgan fingerprint density at radius 3 is 2.38 bits per heavy atom. The van der Waals surface area contributed by atoms with Gasteiger partial charge in [-0.25, -0.2) is 0 Å². The molecule has 0 bridgehead atoms. The summed E-state index contributed by atoms with van der Waals surface area (Å²) in [5.74, 6) is 3.85. The molecule has 208 valence electrons. The molecule has 1 N–H and O–H groups in total. The van der Waals surface area contributed by atoms with E-state index >= 15 is 0 Å². The number of fused-ring (bicyclic) bond motifs is 1. The average Bonchev–Trinajstić information content (AvgIpc) is 3.59. The summed E-state index contributed by atoms with van der Waals surface area (Å²) in [6.45, 7) is 23.3. The van der Waals surface area contributed by atoms with E-state index in [1.807, 2.05) is 0 Å². The summed E-state index contributed by atoms with van der Waals surface area (Å²) in [6.07, 6.45) is 20.4. The van der Waals surface area contributed by atoms with Gasteiger partial charge in [-0.1, -0.05) is 78.0 Å². The van der Waals surface area contributed by atoms with Crippen molar-refractivity contribution >= 4 is 8.32 Å². The SMILES string of the molecule is C=C1/C(=C/C=C2\CCC[C@]3(C)[C@@H]([C@@H](C)/C=C/[C@@H](C)C4CC4)CC[C@@H]23)C[C@@H](O[Si](C)(C)C(C)(C)C)C[C@@H]1O. The van der Waals surface area contributed by atoms with Gasteiger partial charge in [-0.15, -0.1) is 0 Å². The first kappa shape index (κ1) is 29.1. The van der Waals surface area contributed by atoms with Gasteiger partial charge in [0.25, 0.3) is 0 Å². The van der Waals surface area contributed by atoms with E-state index in [9.17, 15) is 5.11 Å². The molecule has 3 heteroatoms. The lowest BCUT2D eigenvalue weighted by molar-refractivity contribution is 0.0924. The van der Waals surface area contributed by atoms with E-state index in [2.05, 4.69) is 85.5 Å². The van der Waals surface area contributed by atoms with Crippen LogP contribution < -0.4 is 0 Å². The molecule has 4 fully saturated rings. The van der Waals surface area contributed by atoms with Crippen molar-refractivity contribution < 1.29 is 9.53 Å². The van der Waals surface area contributed by atoms with Crippen LogP contribution in [0.25, 0.3) is 0 Å². The fraction of sp³-hybridized carbons (Fsp3) is 0.765. The number of allylic oxidation sites excluding steroid dienone is 5. The Morgan fingerprint density at radius 1 is 1.05 bits per heavy atom. The summed E-state index contributed by atoms with van der Waals surface area (Å²) in [6, 6.07) is 0. The highest BCUT2D eigenvalue weighted by Gasteiger charge is 2.50. The van der Waals surface area contributed by atoms with Crippen LogP contribution in [0, 0.1) is 35.0 Å². The Kier molecular flexibility index (Phi) is 8.59. The molecule has 4 aliphatic carbocycles. The first-order chi connectivity index (χ1) is 17.2. The fourth-order valence-corrected chi connectivity index (χ4v) is 8.90. The predicted octanol–water partition coefficient (Wildman–Crippen LogP) is 9.40. The Bertz CT molecular complexity index is 930. The van der Waals surface area contributed by atoms with Gasteiger partial charge >= 0.3 is 0 Å². The molecule has 4 rings (SSSR count). The lowest BCUT2D eigenvalue weighted by Crippen LogP contribution is -2.46. The number of aliphatic hydroxyl groups excluding tert-OH is 1. The van der Waals surface area contributed by atoms with E-state index in [0.717, 1.165) is 29.7 Å². The normalized spacial score (nSPS) is 37.4. The van der Waals surface area contributed by atoms with Crippen LogP contribution >= 0.6 is 0 Å². The van der Waals surface area contributed by atoms with Gasteiger partial charge in [-0.3, -0.25) is 0 Å². The molecule has 0 aromatic rings. The lowest BCUT2D eigenvalue weighted by Gasteiger charge is -2.44. The maximum atomic E-state index is 10.8. The Labute approximate surface area is 229 Å². The Hall–Kier alpha value is -0.903. The summed E-state index contributed by atoms with van der Waals surface area (Å²) in [5.41, 5.74) is 4.15. The fourth-order valence-electron chi connectivity index (χ4n) is 7.54. The molecule has 0 radical (unpaired) electrons. The highest BCUT2D eigenvalue weighted by molar-refractivity contribution is 6.74. The summed E-state index contributed by atoms with van der Waals surface area (Å²) in [5, 5.41) is 11.0. The second-order valence-corrected chi connectivity index (χ2v) is 19.7. The molecule has 0 aliphatic heterocycles. The van der Waals surface area contributed by atoms with Crippen molar-refractivity contribution in [1.29, 1.82) is 0 Å². The van der Waals surface area contributed by atoms with Gasteiger partial charge in [-0.05, 0) is 116 Å². The van der Waals surface area contributed by atoms with E-state index in [-0.39, 0.29) is 11.1 Å². The van der Waals surface area contributed by atoms with Gasteiger partial charge in [0.2, 0.25) is 0 Å². The molecule has 0 aromatic heterocycles. The van der Waals surface area contributed by atoms with Crippen LogP contribution in [0.1, 0.15) is 99.3 Å². The molecule has 37 heavy (non-hydrogen) atoms. The summed E-state index contributed by atoms with van der Waals surface area (Å²) in [7, 11) is -1.88. The third-order valence-corrected chi connectivity index (χ3v) is 15.8. The monoisotopic (exact) mass is 524 g/mol. The minimum atomic E-state index is -1.88. The number of rotatable bonds is 7. The van der Waals surface area contributed by atoms with Crippen molar-refractivity contribution in [2.45, 2.75) is 130 Å². The standard InChI is InChI=1S/C34H56O2Si/c1-23(26-14-15-26)12-13-24(2)30-18-19-31-27(11-10-20-34(30,31)7)16-17-28-21-29(22-32(35)25(28)3)36-37(8,9)33(4,5)6/h12-13,16-17,23-24,26,29-32,35H,3,10-11,14-15,18-22H2,1-2,4-9H3/b13-12+,27-16+,28-17+/t23-,24+,29-,30-,31+,32+,34-/m1/s1. The Morgan fingerprint density at radius 2 is 1.73 bits per heavy atom. The van der Waals surface area contributed by atoms with Crippen molar-refractivity contribution in [3.8, 4) is 0 Å². The van der Waals surface area contributed by atoms with Crippen molar-refractivity contribution in [3.05, 3.63) is 47.6 Å². The van der Waals surface area contributed by atoms with Crippen LogP contribution in [0.5, 0.6) is 0 Å². The van der Waals surface area contributed by atoms with Crippen LogP contribution in [-0.2, 0) is 4.43 Å². The van der Waals surface area contributed by atoms with E-state index in [0.29, 0.717) is 23.7 Å². The largest absolute Gasteiger partial charge is 0.413 e. The van der Waals surface area contributed by atoms with E-state index in [1.54, 1.807) is 5.57 Å². The van der Waals surface area contributed by atoms with Crippen molar-refractivity contribution in [3.63, 3.8) is 0 Å². The third kappa shape index (κ3) is 6.30. The zero-order chi connectivity index (χ0) is 27.2. The smallest absolute Gasteiger partial charge is 0.192 e. The highest BCUT2D eigenvalue weighted by atomic mass is 28.4. The first-order valence-electron chi connectivity index (χ1n) is 15.4. The van der Waals surface area contributed by atoms with Crippen LogP contribution in [-0.4, -0.2) is 25.6 Å². The topological polar surface area (TPSA) is 29.5 Å². The molecule has 7 atom stereocenters. The van der Waals surface area contributed by atoms with Crippen molar-refractivity contribution in [2.24, 2.45) is 35.0 Å². The Balaban J connectivity index is 1.48. The molecule has 0 heterocycles. The molecule has 4 aliphatic rings. The van der Waals surface area contributed by atoms with Gasteiger partial charge < -0.3 is 9.53 Å². The maximum absolute atomic E-state index is 10.8. The minimum absolute atomic E-state index is 0.0872. The average molecular weight is 525 g/mol. The number of hydrogen-bond donors (Lipinski definition) is 1. The van der Waals surface area contributed by atoms with E-state index < -0.39 is 14.4 Å². The van der Waals surface area contributed by atoms with Gasteiger partial charge in [0.05, 0.1) is 12.2 Å². The predicted molar refractivity (Wildman–Crippen MR) is 161 cm³/mol. The molecule has 0 saturated heterocycles. The zero-order valence-electron chi connectivity index (χ0n) is 25.3. The summed E-state index contributed by atoms with van der Waals surface area (Å²) < 4.78 is 6.74. The second kappa shape index (κ2) is 10.9. The molecule has 0 amide bonds. The third-order valence-electron chi connectivity index (χ3n) is 11.3. The molecule has 0 aromatic carbocycles. The minimum Gasteiger partial charge on any atom is -0.413 e. The number of aliphatic hydroxyl groups is 1. The van der Waals surface area contributed by atoms with E-state index in [4.69, 9.17) is 4.43 Å². The van der Waals surface area contributed by atoms with Crippen LogP contribution in [0.3, 0.4) is 0 Å². The highest BCUT2D eigenvalue weighted by Crippen LogP contribution is 2.59. The molecule has 0 unspecified atom stereocenters. The maximum Gasteiger partial charge on any atom is 0.192 e. The lowest BCUT2D eigenvalue weighted by atomic mass is 9.61. The van der Waals surface area contributed by atoms with Gasteiger partial charge in [0, 0.05) is 6.42 Å². The molecule has 0 spiro atoms. The summed E-state index contributed by atoms with van der Waals surface area (Å²) in [4.78, 5) is 0. The molecular formula is C34H56O2Si. The van der Waals surface area contributed by atoms with E-state index in [1.165, 1.54) is 50.5 Å². The van der Waals surface area contributed by atoms with Crippen LogP contribution in [0.4, 0.5) is 0 Å². The van der Waals surface area contributed by atoms with Gasteiger partial charge in [-0.2, -0.15) is 0 Å². The zero-order valence-corrected chi connectivity index (χ0v) is 26.3. The quantitative estimate of drug-likeness (QED) is 0.265. The van der Waals surface area contributed by atoms with Crippen LogP contribution in [0.15, 0.2) is 47.6 Å². The summed E-state index contributed by atoms with van der Waals surface area (Å²) >= 11 is 0. The van der Waals surface area contributed by atoms with Crippen molar-refractivity contribution in [1.82, 2.24) is 0 Å².